The zero-order valence-corrected chi connectivity index (χ0v) is 24.6. The summed E-state index contributed by atoms with van der Waals surface area (Å²) in [5.74, 6) is 1.57. The Morgan fingerprint density at radius 1 is 1.07 bits per heavy atom. The van der Waals surface area contributed by atoms with E-state index in [1.165, 1.54) is 36.4 Å². The normalized spacial score (nSPS) is 25.6. The molecule has 0 aromatic heterocycles. The monoisotopic (exact) mass is 604 g/mol. The second-order valence-corrected chi connectivity index (χ2v) is 13.3. The summed E-state index contributed by atoms with van der Waals surface area (Å²) in [4.78, 5) is 13.4. The number of nitrogens with zero attached hydrogens (tertiary/aromatic N) is 1. The van der Waals surface area contributed by atoms with Crippen molar-refractivity contribution < 1.29 is 32.5 Å². The zero-order valence-electron chi connectivity index (χ0n) is 23.1. The summed E-state index contributed by atoms with van der Waals surface area (Å²) in [5.41, 5.74) is 0.973. The van der Waals surface area contributed by atoms with Crippen LogP contribution >= 0.6 is 11.6 Å². The van der Waals surface area contributed by atoms with Crippen LogP contribution in [0, 0.1) is 11.8 Å². The topological polar surface area (TPSA) is 114 Å². The number of carbonyl (C=O) groups is 1. The Bertz CT molecular complexity index is 1330. The van der Waals surface area contributed by atoms with E-state index < -0.39 is 16.3 Å². The van der Waals surface area contributed by atoms with Crippen molar-refractivity contribution in [3.8, 4) is 5.75 Å². The van der Waals surface area contributed by atoms with Gasteiger partial charge < -0.3 is 24.6 Å². The highest BCUT2D eigenvalue weighted by molar-refractivity contribution is 7.89. The molecule has 222 valence electrons. The van der Waals surface area contributed by atoms with Crippen molar-refractivity contribution in [2.24, 2.45) is 11.8 Å². The molecule has 9 nitrogen and oxygen atoms in total. The number of fused-ring (bicyclic) bond motifs is 2. The standard InChI is InChI=1S/C30H37ClN2O7S/c1-38-25-8-10-26(11-9-25)41(36,37)33(12-14-34)13-15-39-29-19-23(21-4-6-24(31)7-5-21)18-28(40-29)30(35)32-27-17-20-2-3-22(27)16-20/h4-11,18,20,22-23,27,29,34H,2-3,12-17,19H2,1H3,(H,32,35)/t20?,22?,23-,27?,29+/m0/s1. The molecular formula is C30H37ClN2O7S. The van der Waals surface area contributed by atoms with Crippen LogP contribution in [0.1, 0.15) is 43.6 Å². The van der Waals surface area contributed by atoms with E-state index in [9.17, 15) is 18.3 Å². The molecule has 5 rings (SSSR count). The fourth-order valence-electron chi connectivity index (χ4n) is 6.17. The lowest BCUT2D eigenvalue weighted by molar-refractivity contribution is -0.147. The smallest absolute Gasteiger partial charge is 0.286 e. The van der Waals surface area contributed by atoms with Crippen LogP contribution in [0.4, 0.5) is 0 Å². The molecule has 2 bridgehead atoms. The summed E-state index contributed by atoms with van der Waals surface area (Å²) in [5, 5.41) is 13.4. The van der Waals surface area contributed by atoms with E-state index in [0.717, 1.165) is 18.4 Å². The van der Waals surface area contributed by atoms with Crippen LogP contribution in [0.5, 0.6) is 5.75 Å². The maximum atomic E-state index is 13.3. The first-order valence-corrected chi connectivity index (χ1v) is 15.9. The van der Waals surface area contributed by atoms with Gasteiger partial charge >= 0.3 is 0 Å². The molecule has 0 spiro atoms. The van der Waals surface area contributed by atoms with Crippen LogP contribution in [-0.2, 0) is 24.3 Å². The third-order valence-electron chi connectivity index (χ3n) is 8.32. The SMILES string of the molecule is COc1ccc(S(=O)(=O)N(CCO)CCO[C@H]2C[C@@H](c3ccc(Cl)cc3)C=C(C(=O)NC3CC4CCC3C4)O2)cc1. The van der Waals surface area contributed by atoms with Crippen LogP contribution in [0.15, 0.2) is 65.3 Å². The van der Waals surface area contributed by atoms with Gasteiger partial charge in [-0.3, -0.25) is 4.79 Å². The molecule has 5 atom stereocenters. The molecule has 0 radical (unpaired) electrons. The maximum absolute atomic E-state index is 13.3. The number of aliphatic hydroxyl groups excluding tert-OH is 1. The number of aliphatic hydroxyl groups is 1. The van der Waals surface area contributed by atoms with Crippen LogP contribution in [0.2, 0.25) is 5.02 Å². The Labute approximate surface area is 246 Å². The van der Waals surface area contributed by atoms with Crippen molar-refractivity contribution in [1.29, 1.82) is 0 Å². The van der Waals surface area contributed by atoms with Gasteiger partial charge in [0.1, 0.15) is 5.75 Å². The van der Waals surface area contributed by atoms with E-state index in [1.807, 2.05) is 30.3 Å². The summed E-state index contributed by atoms with van der Waals surface area (Å²) in [7, 11) is -2.38. The van der Waals surface area contributed by atoms with Gasteiger partial charge in [-0.2, -0.15) is 4.31 Å². The highest BCUT2D eigenvalue weighted by Gasteiger charge is 2.41. The van der Waals surface area contributed by atoms with Gasteiger partial charge in [0.2, 0.25) is 16.3 Å². The molecule has 0 saturated heterocycles. The van der Waals surface area contributed by atoms with Crippen LogP contribution < -0.4 is 10.1 Å². The number of hydrogen-bond donors (Lipinski definition) is 2. The minimum atomic E-state index is -3.88. The molecule has 11 heteroatoms. The van der Waals surface area contributed by atoms with Gasteiger partial charge in [0.25, 0.3) is 5.91 Å². The molecule has 2 aromatic carbocycles. The Balaban J connectivity index is 1.26. The van der Waals surface area contributed by atoms with Crippen molar-refractivity contribution >= 4 is 27.5 Å². The molecule has 3 unspecified atom stereocenters. The lowest BCUT2D eigenvalue weighted by Gasteiger charge is -2.31. The number of sulfonamides is 1. The van der Waals surface area contributed by atoms with Crippen molar-refractivity contribution in [3.05, 3.63) is 71.0 Å². The number of nitrogens with one attached hydrogen (secondary N) is 1. The summed E-state index contributed by atoms with van der Waals surface area (Å²) >= 11 is 6.10. The lowest BCUT2D eigenvalue weighted by Crippen LogP contribution is -2.41. The Kier molecular flexibility index (Phi) is 9.56. The average molecular weight is 605 g/mol. The second-order valence-electron chi connectivity index (χ2n) is 10.9. The van der Waals surface area contributed by atoms with E-state index in [4.69, 9.17) is 25.8 Å². The lowest BCUT2D eigenvalue weighted by atomic mass is 9.92. The first kappa shape index (κ1) is 29.8. The van der Waals surface area contributed by atoms with Gasteiger partial charge in [0, 0.05) is 36.5 Å². The summed E-state index contributed by atoms with van der Waals surface area (Å²) in [6.07, 6.45) is 6.09. The number of hydrogen-bond acceptors (Lipinski definition) is 7. The minimum Gasteiger partial charge on any atom is -0.497 e. The number of halogens is 1. The van der Waals surface area contributed by atoms with Crippen LogP contribution in [0.25, 0.3) is 0 Å². The molecule has 2 saturated carbocycles. The highest BCUT2D eigenvalue weighted by Crippen LogP contribution is 2.44. The van der Waals surface area contributed by atoms with Gasteiger partial charge in [-0.15, -0.1) is 0 Å². The molecular weight excluding hydrogens is 568 g/mol. The number of methoxy groups -OCH3 is 1. The predicted octanol–water partition coefficient (Wildman–Crippen LogP) is 4.07. The molecule has 1 aliphatic heterocycles. The third kappa shape index (κ3) is 7.06. The molecule has 2 N–H and O–H groups in total. The van der Waals surface area contributed by atoms with E-state index in [-0.39, 0.29) is 54.8 Å². The average Bonchev–Trinajstić information content (AvgIpc) is 3.60. The molecule has 2 aromatic rings. The predicted molar refractivity (Wildman–Crippen MR) is 154 cm³/mol. The molecule has 2 fully saturated rings. The van der Waals surface area contributed by atoms with Gasteiger partial charge in [-0.05, 0) is 79.1 Å². The molecule has 41 heavy (non-hydrogen) atoms. The summed E-state index contributed by atoms with van der Waals surface area (Å²) in [6.45, 7) is -0.427. The van der Waals surface area contributed by atoms with Crippen molar-refractivity contribution in [2.45, 2.75) is 55.2 Å². The number of allylic oxidation sites excluding steroid dienone is 1. The van der Waals surface area contributed by atoms with Crippen LogP contribution in [0.3, 0.4) is 0 Å². The number of benzene rings is 2. The van der Waals surface area contributed by atoms with Crippen molar-refractivity contribution in [2.75, 3.05) is 33.4 Å². The second kappa shape index (κ2) is 13.1. The Morgan fingerprint density at radius 3 is 2.46 bits per heavy atom. The summed E-state index contributed by atoms with van der Waals surface area (Å²) in [6, 6.07) is 13.7. The fourth-order valence-corrected chi connectivity index (χ4v) is 7.71. The fraction of sp³-hybridized carbons (Fsp3) is 0.500. The van der Waals surface area contributed by atoms with E-state index in [0.29, 0.717) is 29.0 Å². The minimum absolute atomic E-state index is 0.00319. The number of amides is 1. The van der Waals surface area contributed by atoms with E-state index in [1.54, 1.807) is 12.1 Å². The van der Waals surface area contributed by atoms with Crippen LogP contribution in [-0.4, -0.2) is 69.5 Å². The number of carbonyl (C=O) groups excluding carboxylic acids is 1. The quantitative estimate of drug-likeness (QED) is 0.375. The number of ether oxygens (including phenoxy) is 3. The van der Waals surface area contributed by atoms with Gasteiger partial charge in [0.15, 0.2) is 5.76 Å². The molecule has 3 aliphatic rings. The summed E-state index contributed by atoms with van der Waals surface area (Å²) < 4.78 is 44.8. The van der Waals surface area contributed by atoms with E-state index >= 15 is 0 Å². The van der Waals surface area contributed by atoms with Crippen molar-refractivity contribution in [1.82, 2.24) is 9.62 Å². The first-order chi connectivity index (χ1) is 19.8. The van der Waals surface area contributed by atoms with Crippen molar-refractivity contribution in [3.63, 3.8) is 0 Å². The van der Waals surface area contributed by atoms with Gasteiger partial charge in [0.05, 0.1) is 25.2 Å². The molecule has 1 heterocycles. The van der Waals surface area contributed by atoms with Gasteiger partial charge in [-0.1, -0.05) is 30.2 Å². The zero-order chi connectivity index (χ0) is 29.0. The molecule has 2 aliphatic carbocycles. The number of rotatable bonds is 12. The van der Waals surface area contributed by atoms with E-state index in [2.05, 4.69) is 5.32 Å². The largest absolute Gasteiger partial charge is 0.497 e. The third-order valence-corrected chi connectivity index (χ3v) is 10.5. The Morgan fingerprint density at radius 2 is 1.83 bits per heavy atom. The first-order valence-electron chi connectivity index (χ1n) is 14.1. The van der Waals surface area contributed by atoms with Gasteiger partial charge in [-0.25, -0.2) is 8.42 Å². The highest BCUT2D eigenvalue weighted by atomic mass is 35.5. The Hall–Kier alpha value is -2.63. The molecule has 1 amide bonds. The maximum Gasteiger partial charge on any atom is 0.286 e.